The molecule has 0 fully saturated rings. The number of aromatic nitrogens is 2. The number of nitrogens with one attached hydrogen (secondary N) is 2. The first kappa shape index (κ1) is 14.2. The SMILES string of the molecule is CCc1c(NN)ncnc1Nc1ccc(C#N)cc1Br. The monoisotopic (exact) mass is 332 g/mol. The number of hydrogen-bond acceptors (Lipinski definition) is 6. The minimum absolute atomic E-state index is 0.588. The highest BCUT2D eigenvalue weighted by Crippen LogP contribution is 2.29. The van der Waals surface area contributed by atoms with Crippen LogP contribution in [0.5, 0.6) is 0 Å². The number of anilines is 3. The van der Waals surface area contributed by atoms with E-state index < -0.39 is 0 Å². The summed E-state index contributed by atoms with van der Waals surface area (Å²) in [6.45, 7) is 2.00. The summed E-state index contributed by atoms with van der Waals surface area (Å²) < 4.78 is 0.791. The van der Waals surface area contributed by atoms with Crippen molar-refractivity contribution < 1.29 is 0 Å². The fraction of sp³-hybridized carbons (Fsp3) is 0.154. The van der Waals surface area contributed by atoms with Crippen molar-refractivity contribution in [3.05, 3.63) is 40.1 Å². The van der Waals surface area contributed by atoms with Crippen molar-refractivity contribution in [1.82, 2.24) is 9.97 Å². The molecule has 0 aliphatic rings. The minimum Gasteiger partial charge on any atom is -0.339 e. The lowest BCUT2D eigenvalue weighted by Gasteiger charge is -2.13. The molecule has 2 rings (SSSR count). The molecule has 102 valence electrons. The van der Waals surface area contributed by atoms with Crippen molar-refractivity contribution in [2.75, 3.05) is 10.7 Å². The third-order valence-corrected chi connectivity index (χ3v) is 3.44. The molecule has 4 N–H and O–H groups in total. The van der Waals surface area contributed by atoms with E-state index in [0.29, 0.717) is 17.2 Å². The van der Waals surface area contributed by atoms with Crippen molar-refractivity contribution in [1.29, 1.82) is 5.26 Å². The zero-order valence-corrected chi connectivity index (χ0v) is 12.4. The number of rotatable bonds is 4. The Hall–Kier alpha value is -2.17. The Labute approximate surface area is 125 Å². The molecule has 1 aromatic heterocycles. The Balaban J connectivity index is 2.38. The second-order valence-corrected chi connectivity index (χ2v) is 4.83. The smallest absolute Gasteiger partial charge is 0.148 e. The van der Waals surface area contributed by atoms with Crippen LogP contribution in [0, 0.1) is 11.3 Å². The lowest BCUT2D eigenvalue weighted by Crippen LogP contribution is -2.13. The molecular formula is C13H13BrN6. The number of hydrazine groups is 1. The molecular weight excluding hydrogens is 320 g/mol. The first-order valence-corrected chi connectivity index (χ1v) is 6.76. The summed E-state index contributed by atoms with van der Waals surface area (Å²) in [5.74, 6) is 6.72. The third-order valence-electron chi connectivity index (χ3n) is 2.79. The molecule has 0 aliphatic carbocycles. The van der Waals surface area contributed by atoms with Crippen LogP contribution in [0.4, 0.5) is 17.3 Å². The molecule has 0 atom stereocenters. The molecule has 0 amide bonds. The van der Waals surface area contributed by atoms with E-state index in [9.17, 15) is 0 Å². The Morgan fingerprint density at radius 2 is 2.10 bits per heavy atom. The summed E-state index contributed by atoms with van der Waals surface area (Å²) in [4.78, 5) is 8.31. The maximum absolute atomic E-state index is 8.86. The zero-order valence-electron chi connectivity index (χ0n) is 10.8. The van der Waals surface area contributed by atoms with E-state index in [1.54, 1.807) is 12.1 Å². The van der Waals surface area contributed by atoms with E-state index in [1.807, 2.05) is 13.0 Å². The summed E-state index contributed by atoms with van der Waals surface area (Å²) in [7, 11) is 0. The summed E-state index contributed by atoms with van der Waals surface area (Å²) in [5, 5.41) is 12.1. The highest BCUT2D eigenvalue weighted by molar-refractivity contribution is 9.10. The van der Waals surface area contributed by atoms with Gasteiger partial charge in [-0.15, -0.1) is 0 Å². The third kappa shape index (κ3) is 2.87. The van der Waals surface area contributed by atoms with Gasteiger partial charge in [0.2, 0.25) is 0 Å². The molecule has 6 nitrogen and oxygen atoms in total. The predicted molar refractivity (Wildman–Crippen MR) is 81.4 cm³/mol. The highest BCUT2D eigenvalue weighted by atomic mass is 79.9. The van der Waals surface area contributed by atoms with Crippen molar-refractivity contribution in [2.45, 2.75) is 13.3 Å². The number of benzene rings is 1. The predicted octanol–water partition coefficient (Wildman–Crippen LogP) is 2.70. The van der Waals surface area contributed by atoms with Crippen LogP contribution in [0.15, 0.2) is 29.0 Å². The van der Waals surface area contributed by atoms with Crippen LogP contribution in [0.1, 0.15) is 18.1 Å². The van der Waals surface area contributed by atoms with Crippen molar-refractivity contribution in [3.8, 4) is 6.07 Å². The molecule has 20 heavy (non-hydrogen) atoms. The van der Waals surface area contributed by atoms with Crippen LogP contribution in [0.3, 0.4) is 0 Å². The van der Waals surface area contributed by atoms with Gasteiger partial charge in [-0.2, -0.15) is 5.26 Å². The molecule has 0 bridgehead atoms. The van der Waals surface area contributed by atoms with E-state index in [-0.39, 0.29) is 0 Å². The lowest BCUT2D eigenvalue weighted by atomic mass is 10.2. The largest absolute Gasteiger partial charge is 0.339 e. The van der Waals surface area contributed by atoms with Crippen LogP contribution >= 0.6 is 15.9 Å². The van der Waals surface area contributed by atoms with E-state index in [2.05, 4.69) is 42.7 Å². The van der Waals surface area contributed by atoms with Gasteiger partial charge in [0.25, 0.3) is 0 Å². The Bertz CT molecular complexity index is 664. The number of nitrogen functional groups attached to an aromatic ring is 1. The van der Waals surface area contributed by atoms with Gasteiger partial charge < -0.3 is 10.7 Å². The summed E-state index contributed by atoms with van der Waals surface area (Å²) in [6.07, 6.45) is 2.17. The maximum Gasteiger partial charge on any atom is 0.148 e. The second-order valence-electron chi connectivity index (χ2n) is 3.98. The van der Waals surface area contributed by atoms with Gasteiger partial charge >= 0.3 is 0 Å². The molecule has 0 aliphatic heterocycles. The fourth-order valence-corrected chi connectivity index (χ4v) is 2.27. The first-order chi connectivity index (χ1) is 9.69. The van der Waals surface area contributed by atoms with E-state index in [0.717, 1.165) is 22.1 Å². The van der Waals surface area contributed by atoms with Gasteiger partial charge in [0, 0.05) is 10.0 Å². The van der Waals surface area contributed by atoms with E-state index in [4.69, 9.17) is 11.1 Å². The molecule has 1 heterocycles. The summed E-state index contributed by atoms with van der Waals surface area (Å²) in [5.41, 5.74) is 4.86. The second kappa shape index (κ2) is 6.32. The summed E-state index contributed by atoms with van der Waals surface area (Å²) >= 11 is 3.43. The van der Waals surface area contributed by atoms with E-state index >= 15 is 0 Å². The average Bonchev–Trinajstić information content (AvgIpc) is 2.48. The molecule has 0 spiro atoms. The van der Waals surface area contributed by atoms with E-state index in [1.165, 1.54) is 6.33 Å². The number of nitrogens with zero attached hydrogens (tertiary/aromatic N) is 3. The standard InChI is InChI=1S/C13H13BrN6/c1-2-9-12(17-7-18-13(9)20-16)19-11-4-3-8(6-15)5-10(11)14/h3-5,7H,2,16H2,1H3,(H2,17,18,19,20). The Morgan fingerprint density at radius 3 is 2.70 bits per heavy atom. The quantitative estimate of drug-likeness (QED) is 0.588. The fourth-order valence-electron chi connectivity index (χ4n) is 1.79. The van der Waals surface area contributed by atoms with Gasteiger partial charge in [0.05, 0.1) is 17.3 Å². The molecule has 0 saturated heterocycles. The molecule has 0 unspecified atom stereocenters. The van der Waals surface area contributed by atoms with Crippen LogP contribution in [-0.2, 0) is 6.42 Å². The maximum atomic E-state index is 8.86. The number of halogens is 1. The van der Waals surface area contributed by atoms with Gasteiger partial charge in [0.1, 0.15) is 18.0 Å². The highest BCUT2D eigenvalue weighted by Gasteiger charge is 2.10. The molecule has 0 radical (unpaired) electrons. The topological polar surface area (TPSA) is 99.7 Å². The minimum atomic E-state index is 0.588. The van der Waals surface area contributed by atoms with Crippen LogP contribution in [-0.4, -0.2) is 9.97 Å². The zero-order chi connectivity index (χ0) is 14.5. The molecule has 0 saturated carbocycles. The average molecular weight is 333 g/mol. The van der Waals surface area contributed by atoms with Crippen molar-refractivity contribution in [3.63, 3.8) is 0 Å². The lowest BCUT2D eigenvalue weighted by molar-refractivity contribution is 1.04. The van der Waals surface area contributed by atoms with Crippen molar-refractivity contribution >= 4 is 33.3 Å². The first-order valence-electron chi connectivity index (χ1n) is 5.96. The molecule has 7 heteroatoms. The molecule has 1 aromatic carbocycles. The molecule has 2 aromatic rings. The van der Waals surface area contributed by atoms with Crippen molar-refractivity contribution in [2.24, 2.45) is 5.84 Å². The number of hydrogen-bond donors (Lipinski definition) is 3. The number of nitrogens with two attached hydrogens (primary N) is 1. The van der Waals surface area contributed by atoms with Crippen LogP contribution < -0.4 is 16.6 Å². The van der Waals surface area contributed by atoms with Gasteiger partial charge in [-0.1, -0.05) is 6.92 Å². The van der Waals surface area contributed by atoms with Crippen LogP contribution in [0.2, 0.25) is 0 Å². The van der Waals surface area contributed by atoms with Gasteiger partial charge in [0.15, 0.2) is 0 Å². The van der Waals surface area contributed by atoms with Gasteiger partial charge in [-0.25, -0.2) is 15.8 Å². The normalized spacial score (nSPS) is 9.90. The van der Waals surface area contributed by atoms with Gasteiger partial charge in [-0.05, 0) is 40.5 Å². The van der Waals surface area contributed by atoms with Gasteiger partial charge in [-0.3, -0.25) is 0 Å². The summed E-state index contributed by atoms with van der Waals surface area (Å²) in [6, 6.07) is 7.39. The van der Waals surface area contributed by atoms with Crippen LogP contribution in [0.25, 0.3) is 0 Å². The Morgan fingerprint density at radius 1 is 1.35 bits per heavy atom. The Kier molecular flexibility index (Phi) is 4.50. The number of nitriles is 1.